The second-order valence-corrected chi connectivity index (χ2v) is 12.5. The van der Waals surface area contributed by atoms with Crippen LogP contribution in [0.5, 0.6) is 0 Å². The number of rotatable bonds is 1. The third kappa shape index (κ3) is 11.5. The summed E-state index contributed by atoms with van der Waals surface area (Å²) in [5.41, 5.74) is 12.2. The molecule has 0 radical (unpaired) electrons. The molecule has 0 aromatic heterocycles. The van der Waals surface area contributed by atoms with Gasteiger partial charge in [0.15, 0.2) is 0 Å². The third-order valence-electron chi connectivity index (χ3n) is 8.59. The molecule has 0 atom stereocenters. The first-order chi connectivity index (χ1) is 23.9. The van der Waals surface area contributed by atoms with Crippen LogP contribution in [0.2, 0.25) is 0 Å². The highest BCUT2D eigenvalue weighted by molar-refractivity contribution is 5.90. The van der Waals surface area contributed by atoms with Crippen molar-refractivity contribution in [2.24, 2.45) is 0 Å². The maximum Gasteiger partial charge on any atom is -0.0149 e. The number of fused-ring (bicyclic) bond motifs is 3. The third-order valence-corrected chi connectivity index (χ3v) is 8.59. The van der Waals surface area contributed by atoms with Gasteiger partial charge in [0.2, 0.25) is 0 Å². The van der Waals surface area contributed by atoms with Crippen LogP contribution in [0.25, 0.3) is 38.7 Å². The number of aryl methyl sites for hydroxylation is 6. The molecular weight excluding hydrogens is 601 g/mol. The predicted octanol–water partition coefficient (Wildman–Crippen LogP) is 14.9. The van der Waals surface area contributed by atoms with E-state index < -0.39 is 0 Å². The minimum atomic E-state index is 0. The highest BCUT2D eigenvalue weighted by Crippen LogP contribution is 2.29. The van der Waals surface area contributed by atoms with Crippen LogP contribution < -0.4 is 0 Å². The molecule has 0 spiro atoms. The van der Waals surface area contributed by atoms with Gasteiger partial charge in [-0.15, -0.1) is 0 Å². The lowest BCUT2D eigenvalue weighted by atomic mass is 9.89. The Morgan fingerprint density at radius 1 is 0.420 bits per heavy atom. The van der Waals surface area contributed by atoms with Gasteiger partial charge in [0.1, 0.15) is 0 Å². The molecule has 0 N–H and O–H groups in total. The van der Waals surface area contributed by atoms with E-state index in [1.165, 1.54) is 84.5 Å². The summed E-state index contributed by atoms with van der Waals surface area (Å²) < 4.78 is 0. The lowest BCUT2D eigenvalue weighted by Gasteiger charge is -2.15. The zero-order chi connectivity index (χ0) is 35.0. The fourth-order valence-electron chi connectivity index (χ4n) is 5.83. The van der Waals surface area contributed by atoms with E-state index in [0.29, 0.717) is 0 Å². The molecule has 0 fully saturated rings. The van der Waals surface area contributed by atoms with Crippen molar-refractivity contribution in [2.45, 2.75) is 68.7 Å². The van der Waals surface area contributed by atoms with Crippen molar-refractivity contribution in [1.82, 2.24) is 0 Å². The van der Waals surface area contributed by atoms with Crippen LogP contribution in [0.1, 0.15) is 66.6 Å². The van der Waals surface area contributed by atoms with Crippen molar-refractivity contribution in [3.05, 3.63) is 197 Å². The number of allylic oxidation sites excluding steroid dienone is 1. The van der Waals surface area contributed by atoms with Gasteiger partial charge in [-0.3, -0.25) is 0 Å². The highest BCUT2D eigenvalue weighted by Gasteiger charge is 2.09. The fraction of sp³-hybridized carbons (Fsp3) is 0.200. The second-order valence-electron chi connectivity index (χ2n) is 12.5. The normalized spacial score (nSPS) is 10.7. The van der Waals surface area contributed by atoms with E-state index in [2.05, 4.69) is 180 Å². The van der Waals surface area contributed by atoms with Crippen LogP contribution >= 0.6 is 0 Å². The highest BCUT2D eigenvalue weighted by atomic mass is 14.1. The topological polar surface area (TPSA) is 0 Å². The Kier molecular flexibility index (Phi) is 16.0. The van der Waals surface area contributed by atoms with Crippen LogP contribution in [0.3, 0.4) is 0 Å². The summed E-state index contributed by atoms with van der Waals surface area (Å²) >= 11 is 0. The van der Waals surface area contributed by atoms with E-state index in [-0.39, 0.29) is 7.43 Å². The second kappa shape index (κ2) is 20.3. The van der Waals surface area contributed by atoms with Crippen LogP contribution in [-0.2, 0) is 6.42 Å². The summed E-state index contributed by atoms with van der Waals surface area (Å²) in [4.78, 5) is 0. The molecule has 8 rings (SSSR count). The van der Waals surface area contributed by atoms with Crippen LogP contribution in [0.4, 0.5) is 0 Å². The minimum absolute atomic E-state index is 0. The standard InChI is InChI=1S/C15H14.C14H14.C11H10.C7H8.C2H6.CH4/c1-11-14-8-4-2-6-12(14)10-13-7-3-5-9-15(11)13;1-11-3-7-13(8-4-11)14-9-5-12(2)6-10-14;1-9-6-7-10-4-2-3-5-11(10)8-9;1-7-5-3-2-4-6-7;1-2;/h2,4-6,8-10H,3,7H2,1H3;3-10H,1-2H3;2-8H,1H3;2-6H,1H3;1-2H3;1H4. The van der Waals surface area contributed by atoms with Crippen molar-refractivity contribution in [3.63, 3.8) is 0 Å². The molecule has 7 aromatic carbocycles. The molecular formula is C50H56. The Morgan fingerprint density at radius 2 is 0.900 bits per heavy atom. The molecule has 50 heavy (non-hydrogen) atoms. The maximum absolute atomic E-state index is 2.35. The minimum Gasteiger partial charge on any atom is -0.0836 e. The van der Waals surface area contributed by atoms with Gasteiger partial charge in [0, 0.05) is 0 Å². The molecule has 0 saturated heterocycles. The van der Waals surface area contributed by atoms with Gasteiger partial charge in [-0.05, 0) is 96.8 Å². The Hall–Kier alpha value is -5.20. The lowest BCUT2D eigenvalue weighted by molar-refractivity contribution is 0.985. The summed E-state index contributed by atoms with van der Waals surface area (Å²) in [6, 6.07) is 53.4. The Balaban J connectivity index is 0.000000181. The van der Waals surface area contributed by atoms with Crippen molar-refractivity contribution in [2.75, 3.05) is 0 Å². The first-order valence-electron chi connectivity index (χ1n) is 17.7. The zero-order valence-corrected chi connectivity index (χ0v) is 30.5. The van der Waals surface area contributed by atoms with Gasteiger partial charge in [-0.25, -0.2) is 0 Å². The van der Waals surface area contributed by atoms with E-state index in [9.17, 15) is 0 Å². The molecule has 0 aliphatic heterocycles. The van der Waals surface area contributed by atoms with E-state index in [4.69, 9.17) is 0 Å². The van der Waals surface area contributed by atoms with Crippen LogP contribution in [-0.4, -0.2) is 0 Å². The van der Waals surface area contributed by atoms with E-state index in [1.807, 2.05) is 32.0 Å². The number of benzene rings is 7. The fourth-order valence-corrected chi connectivity index (χ4v) is 5.83. The first kappa shape index (κ1) is 39.2. The summed E-state index contributed by atoms with van der Waals surface area (Å²) in [5.74, 6) is 0. The van der Waals surface area contributed by atoms with Gasteiger partial charge in [0.05, 0.1) is 0 Å². The molecule has 0 nitrogen and oxygen atoms in total. The maximum atomic E-state index is 2.35. The smallest absolute Gasteiger partial charge is 0.0149 e. The molecule has 1 aliphatic rings. The van der Waals surface area contributed by atoms with E-state index in [0.717, 1.165) is 0 Å². The summed E-state index contributed by atoms with van der Waals surface area (Å²) in [6.45, 7) is 14.7. The SMILES string of the molecule is C.CC.Cc1c2c(cc3ccccc13)CCC=C2.Cc1ccc(-c2ccc(C)cc2)cc1.Cc1ccc2ccccc2c1.Cc1ccccc1. The Bertz CT molecular complexity index is 2000. The summed E-state index contributed by atoms with van der Waals surface area (Å²) in [6.07, 6.45) is 6.94. The average molecular weight is 657 g/mol. The molecule has 7 aromatic rings. The summed E-state index contributed by atoms with van der Waals surface area (Å²) in [7, 11) is 0. The van der Waals surface area contributed by atoms with Crippen molar-refractivity contribution in [1.29, 1.82) is 0 Å². The molecule has 0 heteroatoms. The molecule has 256 valence electrons. The van der Waals surface area contributed by atoms with Gasteiger partial charge >= 0.3 is 0 Å². The quantitative estimate of drug-likeness (QED) is 0.165. The van der Waals surface area contributed by atoms with Crippen LogP contribution in [0, 0.1) is 34.6 Å². The predicted molar refractivity (Wildman–Crippen MR) is 225 cm³/mol. The zero-order valence-electron chi connectivity index (χ0n) is 30.5. The van der Waals surface area contributed by atoms with Crippen molar-refractivity contribution < 1.29 is 0 Å². The number of hydrogen-bond acceptors (Lipinski definition) is 0. The summed E-state index contributed by atoms with van der Waals surface area (Å²) in [5, 5.41) is 5.41. The molecule has 1 aliphatic carbocycles. The van der Waals surface area contributed by atoms with Gasteiger partial charge in [0.25, 0.3) is 0 Å². The van der Waals surface area contributed by atoms with Crippen molar-refractivity contribution >= 4 is 27.6 Å². The molecule has 0 saturated carbocycles. The Labute approximate surface area is 303 Å². The molecule has 0 unspecified atom stereocenters. The largest absolute Gasteiger partial charge is 0.0836 e. The Morgan fingerprint density at radius 3 is 1.46 bits per heavy atom. The van der Waals surface area contributed by atoms with Gasteiger partial charge in [-0.2, -0.15) is 0 Å². The van der Waals surface area contributed by atoms with Crippen LogP contribution in [0.15, 0.2) is 158 Å². The molecule has 0 heterocycles. The lowest BCUT2D eigenvalue weighted by Crippen LogP contribution is -1.97. The monoisotopic (exact) mass is 656 g/mol. The van der Waals surface area contributed by atoms with E-state index in [1.54, 1.807) is 0 Å². The van der Waals surface area contributed by atoms with Gasteiger partial charge in [-0.1, -0.05) is 207 Å². The van der Waals surface area contributed by atoms with Crippen molar-refractivity contribution in [3.8, 4) is 11.1 Å². The number of hydrogen-bond donors (Lipinski definition) is 0. The first-order valence-corrected chi connectivity index (χ1v) is 17.7. The molecule has 0 bridgehead atoms. The van der Waals surface area contributed by atoms with Gasteiger partial charge < -0.3 is 0 Å². The molecule has 0 amide bonds. The van der Waals surface area contributed by atoms with E-state index >= 15 is 0 Å². The average Bonchev–Trinajstić information content (AvgIpc) is 3.14.